The molecule has 1 aromatic carbocycles. The highest BCUT2D eigenvalue weighted by Crippen LogP contribution is 2.37. The van der Waals surface area contributed by atoms with Crippen LogP contribution in [-0.4, -0.2) is 18.1 Å². The molecule has 122 valence electrons. The number of nitrogens with two attached hydrogens (primary N) is 1. The number of carbonyl (C=O) groups is 1. The number of carbonyl (C=O) groups excluding carboxylic acids is 1. The van der Waals surface area contributed by atoms with Crippen molar-refractivity contribution in [3.05, 3.63) is 29.8 Å². The van der Waals surface area contributed by atoms with E-state index in [9.17, 15) is 18.0 Å². The molecule has 2 rings (SSSR count). The molecular weight excluding hydrogens is 293 g/mol. The van der Waals surface area contributed by atoms with Crippen molar-refractivity contribution in [1.82, 2.24) is 5.32 Å². The Morgan fingerprint density at radius 3 is 2.41 bits per heavy atom. The van der Waals surface area contributed by atoms with E-state index < -0.39 is 12.1 Å². The standard InChI is InChI=1S/C16H21F3N2O/c17-16(18,19)12-6-8-13(9-7-12)21-15(22)10-5-11-3-1-2-4-14(11)20/h1-4,12-13H,5-10,20H2,(H,21,22). The summed E-state index contributed by atoms with van der Waals surface area (Å²) in [7, 11) is 0. The largest absolute Gasteiger partial charge is 0.399 e. The Bertz CT molecular complexity index is 508. The van der Waals surface area contributed by atoms with Crippen LogP contribution in [0.1, 0.15) is 37.7 Å². The molecule has 0 heterocycles. The maximum atomic E-state index is 12.6. The second-order valence-corrected chi connectivity index (χ2v) is 5.86. The molecular formula is C16H21F3N2O. The Labute approximate surface area is 128 Å². The zero-order valence-electron chi connectivity index (χ0n) is 12.3. The minimum Gasteiger partial charge on any atom is -0.399 e. The number of benzene rings is 1. The molecule has 0 spiro atoms. The van der Waals surface area contributed by atoms with Crippen molar-refractivity contribution in [3.8, 4) is 0 Å². The molecule has 1 aliphatic rings. The van der Waals surface area contributed by atoms with Gasteiger partial charge in [0.05, 0.1) is 5.92 Å². The zero-order valence-corrected chi connectivity index (χ0v) is 12.3. The summed E-state index contributed by atoms with van der Waals surface area (Å²) in [4.78, 5) is 11.9. The number of halogens is 3. The van der Waals surface area contributed by atoms with Gasteiger partial charge in [0.25, 0.3) is 0 Å². The van der Waals surface area contributed by atoms with Crippen molar-refractivity contribution in [1.29, 1.82) is 0 Å². The molecule has 0 aromatic heterocycles. The molecule has 1 saturated carbocycles. The van der Waals surface area contributed by atoms with Crippen molar-refractivity contribution >= 4 is 11.6 Å². The first-order valence-electron chi connectivity index (χ1n) is 7.55. The number of hydrogen-bond acceptors (Lipinski definition) is 2. The van der Waals surface area contributed by atoms with Crippen molar-refractivity contribution in [3.63, 3.8) is 0 Å². The molecule has 1 aromatic rings. The lowest BCUT2D eigenvalue weighted by Gasteiger charge is -2.30. The summed E-state index contributed by atoms with van der Waals surface area (Å²) in [6.45, 7) is 0. The van der Waals surface area contributed by atoms with E-state index in [-0.39, 0.29) is 24.8 Å². The van der Waals surface area contributed by atoms with Gasteiger partial charge in [-0.25, -0.2) is 0 Å². The van der Waals surface area contributed by atoms with Crippen LogP contribution in [-0.2, 0) is 11.2 Å². The second-order valence-electron chi connectivity index (χ2n) is 5.86. The van der Waals surface area contributed by atoms with E-state index in [1.807, 2.05) is 18.2 Å². The molecule has 22 heavy (non-hydrogen) atoms. The number of nitrogens with one attached hydrogen (secondary N) is 1. The highest BCUT2D eigenvalue weighted by molar-refractivity contribution is 5.76. The average Bonchev–Trinajstić information content (AvgIpc) is 2.46. The van der Waals surface area contributed by atoms with Crippen LogP contribution >= 0.6 is 0 Å². The lowest BCUT2D eigenvalue weighted by Crippen LogP contribution is -2.40. The van der Waals surface area contributed by atoms with E-state index in [0.717, 1.165) is 5.56 Å². The first-order chi connectivity index (χ1) is 10.4. The highest BCUT2D eigenvalue weighted by Gasteiger charge is 2.41. The smallest absolute Gasteiger partial charge is 0.391 e. The molecule has 0 radical (unpaired) electrons. The third kappa shape index (κ3) is 4.64. The van der Waals surface area contributed by atoms with E-state index >= 15 is 0 Å². The number of amides is 1. The van der Waals surface area contributed by atoms with Gasteiger partial charge in [0, 0.05) is 18.2 Å². The number of para-hydroxylation sites is 1. The predicted octanol–water partition coefficient (Wildman–Crippen LogP) is 3.44. The van der Waals surface area contributed by atoms with Gasteiger partial charge in [-0.1, -0.05) is 18.2 Å². The van der Waals surface area contributed by atoms with Gasteiger partial charge in [-0.15, -0.1) is 0 Å². The van der Waals surface area contributed by atoms with Crippen LogP contribution in [0, 0.1) is 5.92 Å². The number of rotatable bonds is 4. The average molecular weight is 314 g/mol. The van der Waals surface area contributed by atoms with Gasteiger partial charge < -0.3 is 11.1 Å². The summed E-state index contributed by atoms with van der Waals surface area (Å²) in [5.74, 6) is -1.34. The van der Waals surface area contributed by atoms with Gasteiger partial charge in [0.2, 0.25) is 5.91 Å². The van der Waals surface area contributed by atoms with Gasteiger partial charge in [-0.3, -0.25) is 4.79 Å². The normalized spacial score (nSPS) is 22.3. The molecule has 3 nitrogen and oxygen atoms in total. The number of nitrogen functional groups attached to an aromatic ring is 1. The molecule has 0 aliphatic heterocycles. The zero-order chi connectivity index (χ0) is 16.2. The first kappa shape index (κ1) is 16.6. The Morgan fingerprint density at radius 2 is 1.82 bits per heavy atom. The summed E-state index contributed by atoms with van der Waals surface area (Å²) in [6.07, 6.45) is -2.30. The van der Waals surface area contributed by atoms with Gasteiger partial charge in [-0.2, -0.15) is 13.2 Å². The summed E-state index contributed by atoms with van der Waals surface area (Å²) in [6, 6.07) is 7.21. The topological polar surface area (TPSA) is 55.1 Å². The van der Waals surface area contributed by atoms with Crippen LogP contribution in [0.25, 0.3) is 0 Å². The quantitative estimate of drug-likeness (QED) is 0.837. The maximum absolute atomic E-state index is 12.6. The molecule has 1 aliphatic carbocycles. The van der Waals surface area contributed by atoms with E-state index in [1.165, 1.54) is 0 Å². The van der Waals surface area contributed by atoms with Crippen molar-refractivity contribution in [2.24, 2.45) is 5.92 Å². The van der Waals surface area contributed by atoms with Crippen LogP contribution in [0.5, 0.6) is 0 Å². The highest BCUT2D eigenvalue weighted by atomic mass is 19.4. The summed E-state index contributed by atoms with van der Waals surface area (Å²) in [5, 5.41) is 2.83. The SMILES string of the molecule is Nc1ccccc1CCC(=O)NC1CCC(C(F)(F)F)CC1. The Kier molecular flexibility index (Phi) is 5.32. The molecule has 0 unspecified atom stereocenters. The molecule has 0 atom stereocenters. The molecule has 1 fully saturated rings. The Balaban J connectivity index is 1.74. The fourth-order valence-electron chi connectivity index (χ4n) is 2.87. The van der Waals surface area contributed by atoms with E-state index in [0.29, 0.717) is 31.4 Å². The predicted molar refractivity (Wildman–Crippen MR) is 79.1 cm³/mol. The molecule has 0 bridgehead atoms. The van der Waals surface area contributed by atoms with Crippen LogP contribution < -0.4 is 11.1 Å². The van der Waals surface area contributed by atoms with Crippen LogP contribution in [0.15, 0.2) is 24.3 Å². The first-order valence-corrected chi connectivity index (χ1v) is 7.55. The Morgan fingerprint density at radius 1 is 1.18 bits per heavy atom. The minimum atomic E-state index is -4.11. The van der Waals surface area contributed by atoms with Gasteiger partial charge in [0.15, 0.2) is 0 Å². The lowest BCUT2D eigenvalue weighted by molar-refractivity contribution is -0.182. The van der Waals surface area contributed by atoms with Crippen molar-refractivity contribution < 1.29 is 18.0 Å². The number of anilines is 1. The van der Waals surface area contributed by atoms with Crippen molar-refractivity contribution in [2.45, 2.75) is 50.7 Å². The monoisotopic (exact) mass is 314 g/mol. The van der Waals surface area contributed by atoms with Crippen LogP contribution in [0.4, 0.5) is 18.9 Å². The summed E-state index contributed by atoms with van der Waals surface area (Å²) < 4.78 is 37.7. The van der Waals surface area contributed by atoms with Gasteiger partial charge in [0.1, 0.15) is 0 Å². The number of alkyl halides is 3. The van der Waals surface area contributed by atoms with Gasteiger partial charge in [-0.05, 0) is 43.7 Å². The third-order valence-electron chi connectivity index (χ3n) is 4.23. The summed E-state index contributed by atoms with van der Waals surface area (Å²) in [5.41, 5.74) is 7.38. The molecule has 1 amide bonds. The number of aryl methyl sites for hydroxylation is 1. The van der Waals surface area contributed by atoms with Gasteiger partial charge >= 0.3 is 6.18 Å². The Hall–Kier alpha value is -1.72. The summed E-state index contributed by atoms with van der Waals surface area (Å²) >= 11 is 0. The lowest BCUT2D eigenvalue weighted by atomic mass is 9.85. The van der Waals surface area contributed by atoms with E-state index in [4.69, 9.17) is 5.73 Å². The van der Waals surface area contributed by atoms with Crippen LogP contribution in [0.3, 0.4) is 0 Å². The second kappa shape index (κ2) is 7.03. The van der Waals surface area contributed by atoms with E-state index in [1.54, 1.807) is 6.07 Å². The molecule has 6 heteroatoms. The molecule has 3 N–H and O–H groups in total. The van der Waals surface area contributed by atoms with E-state index in [2.05, 4.69) is 5.32 Å². The minimum absolute atomic E-state index is 0.0973. The third-order valence-corrected chi connectivity index (χ3v) is 4.23. The maximum Gasteiger partial charge on any atom is 0.391 e. The molecule has 0 saturated heterocycles. The fraction of sp³-hybridized carbons (Fsp3) is 0.562. The van der Waals surface area contributed by atoms with Crippen LogP contribution in [0.2, 0.25) is 0 Å². The number of hydrogen-bond donors (Lipinski definition) is 2. The fourth-order valence-corrected chi connectivity index (χ4v) is 2.87. The van der Waals surface area contributed by atoms with Crippen molar-refractivity contribution in [2.75, 3.05) is 5.73 Å².